The van der Waals surface area contributed by atoms with Crippen LogP contribution in [0.4, 0.5) is 0 Å². The van der Waals surface area contributed by atoms with Gasteiger partial charge in [-0.2, -0.15) is 0 Å². The minimum atomic E-state index is -0.513. The van der Waals surface area contributed by atoms with Crippen LogP contribution in [0.5, 0.6) is 0 Å². The van der Waals surface area contributed by atoms with Gasteiger partial charge in [-0.05, 0) is 18.1 Å². The second kappa shape index (κ2) is 3.28. The normalized spacial score (nSPS) is 26.6. The Bertz CT molecular complexity index is 335. The number of nitrogens with two attached hydrogens (primary N) is 1. The molecule has 0 saturated heterocycles. The molecule has 2 atom stereocenters. The van der Waals surface area contributed by atoms with E-state index < -0.39 is 6.10 Å². The van der Waals surface area contributed by atoms with E-state index >= 15 is 0 Å². The van der Waals surface area contributed by atoms with E-state index in [1.807, 2.05) is 24.3 Å². The summed E-state index contributed by atoms with van der Waals surface area (Å²) in [7, 11) is 0. The zero-order valence-corrected chi connectivity index (χ0v) is 7.22. The second-order valence-electron chi connectivity index (χ2n) is 3.18. The van der Waals surface area contributed by atoms with Crippen molar-refractivity contribution in [1.82, 2.24) is 4.98 Å². The summed E-state index contributed by atoms with van der Waals surface area (Å²) in [4.78, 5) is 4.14. The predicted octanol–water partition coefficient (Wildman–Crippen LogP) is 1.07. The van der Waals surface area contributed by atoms with Gasteiger partial charge in [-0.3, -0.25) is 4.98 Å². The fourth-order valence-electron chi connectivity index (χ4n) is 1.56. The molecule has 13 heavy (non-hydrogen) atoms. The van der Waals surface area contributed by atoms with Gasteiger partial charge in [0.1, 0.15) is 0 Å². The van der Waals surface area contributed by atoms with Crippen molar-refractivity contribution in [3.8, 4) is 0 Å². The third-order valence-corrected chi connectivity index (χ3v) is 2.25. The van der Waals surface area contributed by atoms with Crippen LogP contribution in [-0.2, 0) is 0 Å². The van der Waals surface area contributed by atoms with Gasteiger partial charge in [-0.15, -0.1) is 0 Å². The number of nitrogens with zero attached hydrogens (tertiary/aromatic N) is 1. The highest BCUT2D eigenvalue weighted by Crippen LogP contribution is 2.26. The first-order chi connectivity index (χ1) is 6.29. The van der Waals surface area contributed by atoms with Gasteiger partial charge in [0, 0.05) is 12.2 Å². The number of aliphatic hydroxyl groups is 1. The fraction of sp³-hybridized carbons (Fsp3) is 0.300. The molecule has 1 aliphatic carbocycles. The highest BCUT2D eigenvalue weighted by atomic mass is 16.3. The van der Waals surface area contributed by atoms with Gasteiger partial charge < -0.3 is 10.8 Å². The molecule has 0 bridgehead atoms. The molecule has 1 aromatic heterocycles. The van der Waals surface area contributed by atoms with Crippen molar-refractivity contribution >= 4 is 0 Å². The quantitative estimate of drug-likeness (QED) is 0.581. The molecule has 1 aliphatic rings. The van der Waals surface area contributed by atoms with Gasteiger partial charge in [0.2, 0.25) is 0 Å². The maximum absolute atomic E-state index is 9.69. The van der Waals surface area contributed by atoms with E-state index in [1.165, 1.54) is 0 Å². The van der Waals surface area contributed by atoms with Crippen molar-refractivity contribution in [3.05, 3.63) is 41.7 Å². The molecule has 0 amide bonds. The molecule has 3 N–H and O–H groups in total. The van der Waals surface area contributed by atoms with E-state index in [-0.39, 0.29) is 6.04 Å². The number of fused-ring (bicyclic) bond motifs is 1. The maximum Gasteiger partial charge on any atom is 0.0997 e. The number of pyridine rings is 1. The van der Waals surface area contributed by atoms with Crippen molar-refractivity contribution in [2.75, 3.05) is 0 Å². The molecule has 0 spiro atoms. The zero-order chi connectivity index (χ0) is 9.26. The molecular formula is C10H12N2O. The maximum atomic E-state index is 9.69. The van der Waals surface area contributed by atoms with Crippen LogP contribution in [0.3, 0.4) is 0 Å². The van der Waals surface area contributed by atoms with Crippen molar-refractivity contribution in [1.29, 1.82) is 0 Å². The molecule has 3 nitrogen and oxygen atoms in total. The molecule has 1 heterocycles. The number of hydrogen-bond donors (Lipinski definition) is 2. The van der Waals surface area contributed by atoms with E-state index in [4.69, 9.17) is 5.73 Å². The van der Waals surface area contributed by atoms with Crippen LogP contribution in [0.1, 0.15) is 29.8 Å². The topological polar surface area (TPSA) is 59.1 Å². The van der Waals surface area contributed by atoms with Crippen LogP contribution < -0.4 is 5.73 Å². The van der Waals surface area contributed by atoms with Crippen molar-refractivity contribution < 1.29 is 5.11 Å². The molecule has 0 fully saturated rings. The Morgan fingerprint density at radius 2 is 2.38 bits per heavy atom. The van der Waals surface area contributed by atoms with E-state index in [9.17, 15) is 5.11 Å². The highest BCUT2D eigenvalue weighted by Gasteiger charge is 2.18. The standard InChI is InChI=1S/C10H12N2O/c11-8-4-1-5-9(13)10-7(8)3-2-6-12-10/h1-4,6,8-9,13H,5,11H2. The third kappa shape index (κ3) is 1.48. The Hall–Kier alpha value is -1.19. The van der Waals surface area contributed by atoms with Crippen LogP contribution in [-0.4, -0.2) is 10.1 Å². The average molecular weight is 176 g/mol. The number of aliphatic hydroxyl groups excluding tert-OH is 1. The summed E-state index contributed by atoms with van der Waals surface area (Å²) in [6, 6.07) is 3.61. The van der Waals surface area contributed by atoms with Gasteiger partial charge >= 0.3 is 0 Å². The summed E-state index contributed by atoms with van der Waals surface area (Å²) in [6.07, 6.45) is 5.56. The SMILES string of the molecule is NC1C=CCC(O)c2ncccc21. The van der Waals surface area contributed by atoms with Gasteiger partial charge in [-0.25, -0.2) is 0 Å². The van der Waals surface area contributed by atoms with Gasteiger partial charge in [0.05, 0.1) is 11.8 Å². The smallest absolute Gasteiger partial charge is 0.0997 e. The van der Waals surface area contributed by atoms with Crippen LogP contribution in [0.2, 0.25) is 0 Å². The summed E-state index contributed by atoms with van der Waals surface area (Å²) in [5, 5.41) is 9.69. The molecule has 0 radical (unpaired) electrons. The lowest BCUT2D eigenvalue weighted by Crippen LogP contribution is -2.11. The molecular weight excluding hydrogens is 164 g/mol. The molecule has 2 rings (SSSR count). The van der Waals surface area contributed by atoms with Crippen molar-refractivity contribution in [2.24, 2.45) is 5.73 Å². The highest BCUT2D eigenvalue weighted by molar-refractivity contribution is 5.30. The molecule has 0 aromatic carbocycles. The summed E-state index contributed by atoms with van der Waals surface area (Å²) in [5.41, 5.74) is 7.50. The Labute approximate surface area is 76.9 Å². The average Bonchev–Trinajstić information content (AvgIpc) is 2.29. The van der Waals surface area contributed by atoms with E-state index in [0.29, 0.717) is 12.1 Å². The molecule has 68 valence electrons. The van der Waals surface area contributed by atoms with E-state index in [0.717, 1.165) is 5.56 Å². The first-order valence-corrected chi connectivity index (χ1v) is 4.34. The largest absolute Gasteiger partial charge is 0.386 e. The van der Waals surface area contributed by atoms with Crippen LogP contribution >= 0.6 is 0 Å². The Morgan fingerprint density at radius 1 is 1.54 bits per heavy atom. The van der Waals surface area contributed by atoms with E-state index in [1.54, 1.807) is 6.20 Å². The number of rotatable bonds is 0. The van der Waals surface area contributed by atoms with Crippen LogP contribution in [0.25, 0.3) is 0 Å². The lowest BCUT2D eigenvalue weighted by Gasteiger charge is -2.12. The first kappa shape index (κ1) is 8.41. The Balaban J connectivity index is 2.51. The summed E-state index contributed by atoms with van der Waals surface area (Å²) in [5.74, 6) is 0. The third-order valence-electron chi connectivity index (χ3n) is 2.25. The molecule has 0 aliphatic heterocycles. The predicted molar refractivity (Wildman–Crippen MR) is 49.9 cm³/mol. The monoisotopic (exact) mass is 176 g/mol. The number of aromatic nitrogens is 1. The lowest BCUT2D eigenvalue weighted by molar-refractivity contribution is 0.176. The Morgan fingerprint density at radius 3 is 3.23 bits per heavy atom. The molecule has 3 heteroatoms. The van der Waals surface area contributed by atoms with Gasteiger partial charge in [0.15, 0.2) is 0 Å². The van der Waals surface area contributed by atoms with E-state index in [2.05, 4.69) is 4.98 Å². The van der Waals surface area contributed by atoms with Crippen molar-refractivity contribution in [2.45, 2.75) is 18.6 Å². The fourth-order valence-corrected chi connectivity index (χ4v) is 1.56. The minimum absolute atomic E-state index is 0.138. The summed E-state index contributed by atoms with van der Waals surface area (Å²) < 4.78 is 0. The second-order valence-corrected chi connectivity index (χ2v) is 3.18. The van der Waals surface area contributed by atoms with Crippen LogP contribution in [0, 0.1) is 0 Å². The molecule has 2 unspecified atom stereocenters. The summed E-state index contributed by atoms with van der Waals surface area (Å²) >= 11 is 0. The lowest BCUT2D eigenvalue weighted by atomic mass is 10.0. The van der Waals surface area contributed by atoms with Crippen molar-refractivity contribution in [3.63, 3.8) is 0 Å². The Kier molecular flexibility index (Phi) is 2.12. The van der Waals surface area contributed by atoms with Gasteiger partial charge in [-0.1, -0.05) is 18.2 Å². The number of hydrogen-bond acceptors (Lipinski definition) is 3. The zero-order valence-electron chi connectivity index (χ0n) is 7.22. The molecule has 0 saturated carbocycles. The summed E-state index contributed by atoms with van der Waals surface area (Å²) in [6.45, 7) is 0. The minimum Gasteiger partial charge on any atom is -0.386 e. The van der Waals surface area contributed by atoms with Gasteiger partial charge in [0.25, 0.3) is 0 Å². The van der Waals surface area contributed by atoms with Crippen LogP contribution in [0.15, 0.2) is 30.5 Å². The first-order valence-electron chi connectivity index (χ1n) is 4.34. The molecule has 1 aromatic rings.